The van der Waals surface area contributed by atoms with Gasteiger partial charge in [-0.25, -0.2) is 8.42 Å². The fourth-order valence-electron chi connectivity index (χ4n) is 1.92. The molecule has 0 radical (unpaired) electrons. The van der Waals surface area contributed by atoms with Crippen molar-refractivity contribution in [1.82, 2.24) is 5.32 Å². The van der Waals surface area contributed by atoms with Gasteiger partial charge in [0.2, 0.25) is 0 Å². The maximum Gasteiger partial charge on any atom is 0.262 e. The van der Waals surface area contributed by atoms with Crippen molar-refractivity contribution < 1.29 is 13.2 Å². The van der Waals surface area contributed by atoms with Gasteiger partial charge in [0, 0.05) is 11.6 Å². The largest absolute Gasteiger partial charge is 0.350 e. The Morgan fingerprint density at radius 2 is 2.05 bits per heavy atom. The molecular formula is C15H16ClNO3S. The first-order valence-electron chi connectivity index (χ1n) is 6.41. The molecule has 6 heteroatoms. The zero-order chi connectivity index (χ0) is 15.7. The first-order valence-corrected chi connectivity index (χ1v) is 8.27. The lowest BCUT2D eigenvalue weighted by molar-refractivity contribution is -0.117. The summed E-state index contributed by atoms with van der Waals surface area (Å²) >= 11 is 5.87. The van der Waals surface area contributed by atoms with Crippen LogP contribution < -0.4 is 5.32 Å². The lowest BCUT2D eigenvalue weighted by atomic mass is 10.2. The summed E-state index contributed by atoms with van der Waals surface area (Å²) in [6.07, 6.45) is 4.56. The van der Waals surface area contributed by atoms with Crippen LogP contribution in [0.2, 0.25) is 5.02 Å². The number of sulfone groups is 1. The molecule has 2 rings (SSSR count). The van der Waals surface area contributed by atoms with Gasteiger partial charge in [-0.05, 0) is 37.6 Å². The summed E-state index contributed by atoms with van der Waals surface area (Å²) in [5.41, 5.74) is 0.826. The number of amides is 1. The molecule has 0 aliphatic carbocycles. The van der Waals surface area contributed by atoms with Crippen molar-refractivity contribution >= 4 is 33.4 Å². The van der Waals surface area contributed by atoms with Crippen LogP contribution in [0.4, 0.5) is 0 Å². The van der Waals surface area contributed by atoms with Crippen LogP contribution >= 0.6 is 11.6 Å². The Hall–Kier alpha value is -1.59. The van der Waals surface area contributed by atoms with Crippen molar-refractivity contribution in [3.63, 3.8) is 0 Å². The fraction of sp³-hybridized carbons (Fsp3) is 0.267. The zero-order valence-electron chi connectivity index (χ0n) is 11.8. The van der Waals surface area contributed by atoms with Crippen molar-refractivity contribution in [3.05, 3.63) is 51.9 Å². The van der Waals surface area contributed by atoms with E-state index in [2.05, 4.69) is 5.32 Å². The van der Waals surface area contributed by atoms with E-state index in [-0.39, 0.29) is 11.4 Å². The number of nitrogens with one attached hydrogen (secondary N) is 1. The smallest absolute Gasteiger partial charge is 0.262 e. The molecule has 0 aromatic heterocycles. The second-order valence-corrected chi connectivity index (χ2v) is 8.38. The normalized spacial score (nSPS) is 22.4. The maximum absolute atomic E-state index is 12.4. The Bertz CT molecular complexity index is 733. The van der Waals surface area contributed by atoms with Crippen LogP contribution in [-0.4, -0.2) is 25.6 Å². The number of carbonyl (C=O) groups is 1. The summed E-state index contributed by atoms with van der Waals surface area (Å²) in [6.45, 7) is 3.30. The minimum Gasteiger partial charge on any atom is -0.350 e. The van der Waals surface area contributed by atoms with Crippen LogP contribution in [0, 0.1) is 0 Å². The monoisotopic (exact) mass is 325 g/mol. The average Bonchev–Trinajstić information content (AvgIpc) is 2.39. The van der Waals surface area contributed by atoms with Crippen LogP contribution in [0.3, 0.4) is 0 Å². The Kier molecular flexibility index (Phi) is 4.25. The second-order valence-electron chi connectivity index (χ2n) is 5.39. The van der Waals surface area contributed by atoms with Gasteiger partial charge in [0.1, 0.15) is 4.91 Å². The molecule has 21 heavy (non-hydrogen) atoms. The van der Waals surface area contributed by atoms with Crippen molar-refractivity contribution in [2.75, 3.05) is 6.54 Å². The summed E-state index contributed by atoms with van der Waals surface area (Å²) in [5.74, 6) is -0.565. The molecule has 1 aliphatic heterocycles. The molecule has 4 nitrogen and oxygen atoms in total. The summed E-state index contributed by atoms with van der Waals surface area (Å²) < 4.78 is 23.7. The maximum atomic E-state index is 12.4. The van der Waals surface area contributed by atoms with E-state index in [0.717, 1.165) is 5.56 Å². The van der Waals surface area contributed by atoms with Crippen molar-refractivity contribution in [1.29, 1.82) is 0 Å². The van der Waals surface area contributed by atoms with E-state index >= 15 is 0 Å². The molecule has 1 fully saturated rings. The Morgan fingerprint density at radius 1 is 1.33 bits per heavy atom. The van der Waals surface area contributed by atoms with E-state index in [1.165, 1.54) is 6.08 Å². The standard InChI is InChI=1S/C15H16ClNO3S/c1-15(2)10-17-14(18)13(21(15,19)20)8-4-6-11-5-3-7-12(16)9-11/h3-9H,10H2,1-2H3,(H,17,18)/b6-4+,13-8+. The number of hydrogen-bond donors (Lipinski definition) is 1. The highest BCUT2D eigenvalue weighted by Gasteiger charge is 2.44. The van der Waals surface area contributed by atoms with Gasteiger partial charge in [-0.1, -0.05) is 35.9 Å². The van der Waals surface area contributed by atoms with Gasteiger partial charge in [-0.2, -0.15) is 0 Å². The lowest BCUT2D eigenvalue weighted by Crippen LogP contribution is -2.52. The van der Waals surface area contributed by atoms with Crippen molar-refractivity contribution in [2.24, 2.45) is 0 Å². The highest BCUT2D eigenvalue weighted by atomic mass is 35.5. The average molecular weight is 326 g/mol. The predicted molar refractivity (Wildman–Crippen MR) is 84.6 cm³/mol. The highest BCUT2D eigenvalue weighted by molar-refractivity contribution is 7.97. The van der Waals surface area contributed by atoms with E-state index in [4.69, 9.17) is 11.6 Å². The first kappa shape index (κ1) is 15.8. The van der Waals surface area contributed by atoms with Gasteiger partial charge >= 0.3 is 0 Å². The third-order valence-electron chi connectivity index (χ3n) is 3.30. The number of benzene rings is 1. The molecule has 1 aliphatic rings. The fourth-order valence-corrected chi connectivity index (χ4v) is 3.55. The van der Waals surface area contributed by atoms with Gasteiger partial charge in [0.05, 0.1) is 4.75 Å². The molecule has 0 bridgehead atoms. The first-order chi connectivity index (χ1) is 9.74. The summed E-state index contributed by atoms with van der Waals surface area (Å²) in [7, 11) is -3.64. The number of halogens is 1. The topological polar surface area (TPSA) is 63.2 Å². The number of carbonyl (C=O) groups excluding carboxylic acids is 1. The summed E-state index contributed by atoms with van der Waals surface area (Å²) in [5, 5.41) is 3.19. The third-order valence-corrected chi connectivity index (χ3v) is 6.04. The highest BCUT2D eigenvalue weighted by Crippen LogP contribution is 2.27. The molecule has 1 aromatic rings. The third kappa shape index (κ3) is 3.19. The Labute approximate surface area is 129 Å². The van der Waals surface area contributed by atoms with Crippen LogP contribution in [0.25, 0.3) is 6.08 Å². The number of allylic oxidation sites excluding steroid dienone is 2. The van der Waals surface area contributed by atoms with Gasteiger partial charge in [-0.3, -0.25) is 4.79 Å². The second kappa shape index (κ2) is 5.66. The van der Waals surface area contributed by atoms with Crippen molar-refractivity contribution in [2.45, 2.75) is 18.6 Å². The molecular weight excluding hydrogens is 310 g/mol. The Balaban J connectivity index is 2.33. The van der Waals surface area contributed by atoms with Crippen molar-refractivity contribution in [3.8, 4) is 0 Å². The van der Waals surface area contributed by atoms with Crippen LogP contribution in [0.15, 0.2) is 41.3 Å². The van der Waals surface area contributed by atoms with Gasteiger partial charge in [0.15, 0.2) is 9.84 Å². The van der Waals surface area contributed by atoms with Gasteiger partial charge in [0.25, 0.3) is 5.91 Å². The molecule has 1 aromatic carbocycles. The molecule has 1 N–H and O–H groups in total. The molecule has 0 spiro atoms. The quantitative estimate of drug-likeness (QED) is 0.850. The zero-order valence-corrected chi connectivity index (χ0v) is 13.3. The molecule has 0 saturated carbocycles. The van der Waals surface area contributed by atoms with Crippen LogP contribution in [0.1, 0.15) is 19.4 Å². The van der Waals surface area contributed by atoms with E-state index in [1.54, 1.807) is 44.2 Å². The summed E-state index contributed by atoms with van der Waals surface area (Å²) in [4.78, 5) is 11.6. The molecule has 1 amide bonds. The number of rotatable bonds is 2. The van der Waals surface area contributed by atoms with Gasteiger partial charge in [-0.15, -0.1) is 0 Å². The number of hydrogen-bond acceptors (Lipinski definition) is 3. The molecule has 112 valence electrons. The minimum absolute atomic E-state index is 0.115. The Morgan fingerprint density at radius 3 is 2.71 bits per heavy atom. The van der Waals surface area contributed by atoms with E-state index < -0.39 is 20.5 Å². The molecule has 0 atom stereocenters. The van der Waals surface area contributed by atoms with E-state index in [0.29, 0.717) is 5.02 Å². The molecule has 0 unspecified atom stereocenters. The van der Waals surface area contributed by atoms with Crippen LogP contribution in [0.5, 0.6) is 0 Å². The van der Waals surface area contributed by atoms with Crippen LogP contribution in [-0.2, 0) is 14.6 Å². The molecule has 1 saturated heterocycles. The van der Waals surface area contributed by atoms with Gasteiger partial charge < -0.3 is 5.32 Å². The molecule has 1 heterocycles. The predicted octanol–water partition coefficient (Wildman–Crippen LogP) is 2.56. The summed E-state index contributed by atoms with van der Waals surface area (Å²) in [6, 6.07) is 7.12. The van der Waals surface area contributed by atoms with E-state index in [9.17, 15) is 13.2 Å². The SMILES string of the molecule is CC1(C)CNC(=O)/C(=C\C=C\c2cccc(Cl)c2)S1(=O)=O. The minimum atomic E-state index is -3.64. The lowest BCUT2D eigenvalue weighted by Gasteiger charge is -2.30. The van der Waals surface area contributed by atoms with E-state index in [1.807, 2.05) is 6.07 Å².